The molecule has 3 nitrogen and oxygen atoms in total. The number of nitrogens with two attached hydrogens (primary N) is 1. The van der Waals surface area contributed by atoms with Crippen molar-refractivity contribution < 1.29 is 9.53 Å². The Hall–Kier alpha value is -1.30. The normalized spacial score (nSPS) is 10.2. The van der Waals surface area contributed by atoms with E-state index in [-0.39, 0.29) is 0 Å². The van der Waals surface area contributed by atoms with Crippen LogP contribution in [0.1, 0.15) is 10.4 Å². The van der Waals surface area contributed by atoms with Gasteiger partial charge in [-0.3, -0.25) is 4.79 Å². The summed E-state index contributed by atoms with van der Waals surface area (Å²) in [6.45, 7) is 0. The highest BCUT2D eigenvalue weighted by Gasteiger charge is 2.08. The van der Waals surface area contributed by atoms with E-state index in [0.717, 1.165) is 15.7 Å². The highest BCUT2D eigenvalue weighted by atomic mass is 79.9. The second-order valence-corrected chi connectivity index (χ2v) is 5.64. The summed E-state index contributed by atoms with van der Waals surface area (Å²) in [6, 6.07) is 12.9. The largest absolute Gasteiger partial charge is 0.455 e. The Labute approximate surface area is 124 Å². The first-order valence-corrected chi connectivity index (χ1v) is 7.37. The zero-order chi connectivity index (χ0) is 13.7. The molecule has 0 saturated carbocycles. The van der Waals surface area contributed by atoms with Gasteiger partial charge in [0, 0.05) is 10.3 Å². The number of benzene rings is 2. The predicted molar refractivity (Wildman–Crippen MR) is 81.0 cm³/mol. The minimum absolute atomic E-state index is 0.472. The lowest BCUT2D eigenvalue weighted by atomic mass is 10.2. The van der Waals surface area contributed by atoms with Gasteiger partial charge < -0.3 is 10.5 Å². The van der Waals surface area contributed by atoms with E-state index in [0.29, 0.717) is 22.9 Å². The predicted octanol–water partition coefficient (Wildman–Crippen LogP) is 4.06. The maximum atomic E-state index is 11.0. The molecule has 5 heteroatoms. The van der Waals surface area contributed by atoms with E-state index in [4.69, 9.17) is 10.5 Å². The minimum atomic E-state index is 0.472. The Morgan fingerprint density at radius 1 is 1.21 bits per heavy atom. The third-order valence-electron chi connectivity index (χ3n) is 2.41. The van der Waals surface area contributed by atoms with Crippen molar-refractivity contribution in [1.82, 2.24) is 0 Å². The second kappa shape index (κ2) is 6.75. The number of ether oxygens (including phenoxy) is 1. The van der Waals surface area contributed by atoms with Gasteiger partial charge in [0.05, 0.1) is 10.5 Å². The van der Waals surface area contributed by atoms with Crippen molar-refractivity contribution in [2.45, 2.75) is 4.90 Å². The van der Waals surface area contributed by atoms with Crippen LogP contribution in [0.3, 0.4) is 0 Å². The van der Waals surface area contributed by atoms with Gasteiger partial charge in [0.1, 0.15) is 11.5 Å². The lowest BCUT2D eigenvalue weighted by Gasteiger charge is -2.11. The summed E-state index contributed by atoms with van der Waals surface area (Å²) >= 11 is 4.86. The van der Waals surface area contributed by atoms with E-state index in [1.165, 1.54) is 11.8 Å². The second-order valence-electron chi connectivity index (χ2n) is 3.66. The molecule has 0 aliphatic rings. The monoisotopic (exact) mass is 337 g/mol. The lowest BCUT2D eigenvalue weighted by molar-refractivity contribution is 0.112. The molecule has 0 bridgehead atoms. The van der Waals surface area contributed by atoms with E-state index in [9.17, 15) is 4.79 Å². The number of rotatable bonds is 5. The van der Waals surface area contributed by atoms with Crippen LogP contribution in [0.25, 0.3) is 0 Å². The molecule has 0 saturated heterocycles. The highest BCUT2D eigenvalue weighted by molar-refractivity contribution is 9.10. The van der Waals surface area contributed by atoms with Crippen LogP contribution in [-0.2, 0) is 0 Å². The van der Waals surface area contributed by atoms with Crippen molar-refractivity contribution in [1.29, 1.82) is 0 Å². The molecule has 0 unspecified atom stereocenters. The average Bonchev–Trinajstić information content (AvgIpc) is 2.42. The minimum Gasteiger partial charge on any atom is -0.455 e. The third-order valence-corrected chi connectivity index (χ3v) is 3.72. The van der Waals surface area contributed by atoms with Crippen molar-refractivity contribution in [3.05, 3.63) is 52.5 Å². The first-order valence-electron chi connectivity index (χ1n) is 5.59. The number of para-hydroxylation sites is 1. The Balaban J connectivity index is 2.35. The van der Waals surface area contributed by atoms with Gasteiger partial charge in [-0.2, -0.15) is 0 Å². The zero-order valence-corrected chi connectivity index (χ0v) is 12.4. The molecule has 0 aromatic heterocycles. The van der Waals surface area contributed by atoms with Gasteiger partial charge in [0.25, 0.3) is 0 Å². The fourth-order valence-electron chi connectivity index (χ4n) is 1.56. The molecule has 0 aliphatic carbocycles. The van der Waals surface area contributed by atoms with Gasteiger partial charge in [-0.15, -0.1) is 11.8 Å². The molecule has 0 atom stereocenters. The van der Waals surface area contributed by atoms with E-state index >= 15 is 0 Å². The average molecular weight is 338 g/mol. The Morgan fingerprint density at radius 2 is 2.00 bits per heavy atom. The van der Waals surface area contributed by atoms with Crippen molar-refractivity contribution in [2.24, 2.45) is 5.73 Å². The van der Waals surface area contributed by atoms with Crippen LogP contribution in [0.5, 0.6) is 11.5 Å². The molecule has 0 radical (unpaired) electrons. The first-order chi connectivity index (χ1) is 9.24. The van der Waals surface area contributed by atoms with E-state index in [2.05, 4.69) is 15.9 Å². The third kappa shape index (κ3) is 3.59. The van der Waals surface area contributed by atoms with Crippen LogP contribution in [-0.4, -0.2) is 12.2 Å². The number of carbonyl (C=O) groups excluding carboxylic acids is 1. The molecule has 0 fully saturated rings. The first kappa shape index (κ1) is 14.1. The molecular weight excluding hydrogens is 326 g/mol. The molecule has 0 amide bonds. The van der Waals surface area contributed by atoms with Crippen LogP contribution in [0, 0.1) is 0 Å². The topological polar surface area (TPSA) is 52.3 Å². The van der Waals surface area contributed by atoms with Crippen molar-refractivity contribution in [3.63, 3.8) is 0 Å². The maximum Gasteiger partial charge on any atom is 0.153 e. The summed E-state index contributed by atoms with van der Waals surface area (Å²) in [7, 11) is 0. The Morgan fingerprint density at radius 3 is 2.74 bits per heavy atom. The van der Waals surface area contributed by atoms with Crippen molar-refractivity contribution in [2.75, 3.05) is 5.88 Å². The number of aldehydes is 1. The van der Waals surface area contributed by atoms with Crippen molar-refractivity contribution >= 4 is 34.0 Å². The number of hydrogen-bond donors (Lipinski definition) is 1. The fraction of sp³-hybridized carbons (Fsp3) is 0.0714. The van der Waals surface area contributed by atoms with Crippen LogP contribution in [0.15, 0.2) is 51.8 Å². The number of thioether (sulfide) groups is 1. The molecule has 19 heavy (non-hydrogen) atoms. The van der Waals surface area contributed by atoms with Crippen molar-refractivity contribution in [3.8, 4) is 11.5 Å². The summed E-state index contributed by atoms with van der Waals surface area (Å²) in [5.41, 5.74) is 6.06. The number of halogens is 1. The van der Waals surface area contributed by atoms with Gasteiger partial charge in [-0.25, -0.2) is 0 Å². The standard InChI is InChI=1S/C14H12BrNO2S/c15-11-6-5-10(8-17)13(7-11)18-12-3-1-2-4-14(12)19-9-16/h1-8H,9,16H2. The zero-order valence-electron chi connectivity index (χ0n) is 10.0. The molecule has 0 spiro atoms. The van der Waals surface area contributed by atoms with Gasteiger partial charge in [-0.1, -0.05) is 28.1 Å². The lowest BCUT2D eigenvalue weighted by Crippen LogP contribution is -1.95. The number of carbonyl (C=O) groups is 1. The fourth-order valence-corrected chi connectivity index (χ4v) is 2.50. The maximum absolute atomic E-state index is 11.0. The summed E-state index contributed by atoms with van der Waals surface area (Å²) < 4.78 is 6.69. The van der Waals surface area contributed by atoms with E-state index < -0.39 is 0 Å². The number of hydrogen-bond acceptors (Lipinski definition) is 4. The van der Waals surface area contributed by atoms with Crippen LogP contribution in [0.2, 0.25) is 0 Å². The molecule has 98 valence electrons. The van der Waals surface area contributed by atoms with Crippen LogP contribution >= 0.6 is 27.7 Å². The van der Waals surface area contributed by atoms with Gasteiger partial charge >= 0.3 is 0 Å². The summed E-state index contributed by atoms with van der Waals surface area (Å²) in [4.78, 5) is 12.0. The van der Waals surface area contributed by atoms with Gasteiger partial charge in [0.2, 0.25) is 0 Å². The van der Waals surface area contributed by atoms with Gasteiger partial charge in [0.15, 0.2) is 6.29 Å². The molecule has 0 heterocycles. The van der Waals surface area contributed by atoms with E-state index in [1.54, 1.807) is 18.2 Å². The molecule has 0 aliphatic heterocycles. The summed E-state index contributed by atoms with van der Waals surface area (Å²) in [6.07, 6.45) is 0.778. The summed E-state index contributed by atoms with van der Waals surface area (Å²) in [5.74, 6) is 1.69. The Kier molecular flexibility index (Phi) is 5.01. The highest BCUT2D eigenvalue weighted by Crippen LogP contribution is 2.34. The quantitative estimate of drug-likeness (QED) is 0.507. The molecular formula is C14H12BrNO2S. The van der Waals surface area contributed by atoms with Gasteiger partial charge in [-0.05, 0) is 30.3 Å². The molecule has 2 N–H and O–H groups in total. The molecule has 2 rings (SSSR count). The summed E-state index contributed by atoms with van der Waals surface area (Å²) in [5, 5.41) is 0. The van der Waals surface area contributed by atoms with Crippen LogP contribution in [0.4, 0.5) is 0 Å². The van der Waals surface area contributed by atoms with E-state index in [1.807, 2.05) is 24.3 Å². The van der Waals surface area contributed by atoms with Crippen LogP contribution < -0.4 is 10.5 Å². The smallest absolute Gasteiger partial charge is 0.153 e. The molecule has 2 aromatic carbocycles. The Bertz CT molecular complexity index is 589. The SMILES string of the molecule is NCSc1ccccc1Oc1cc(Br)ccc1C=O. The molecule has 2 aromatic rings.